The zero-order valence-electron chi connectivity index (χ0n) is 21.8. The highest BCUT2D eigenvalue weighted by Gasteiger charge is 2.44. The van der Waals surface area contributed by atoms with E-state index in [2.05, 4.69) is 9.72 Å². The van der Waals surface area contributed by atoms with E-state index in [-0.39, 0.29) is 22.2 Å². The lowest BCUT2D eigenvalue weighted by molar-refractivity contribution is -0.228. The van der Waals surface area contributed by atoms with Gasteiger partial charge in [0.1, 0.15) is 12.6 Å². The molecule has 0 bridgehead atoms. The number of carbonyl (C=O) groups is 1. The fraction of sp³-hybridized carbons (Fsp3) is 0.346. The summed E-state index contributed by atoms with van der Waals surface area (Å²) in [7, 11) is 1.23. The zero-order chi connectivity index (χ0) is 30.5. The molecule has 0 radical (unpaired) electrons. The Morgan fingerprint density at radius 2 is 1.71 bits per heavy atom. The van der Waals surface area contributed by atoms with Crippen LogP contribution in [0.5, 0.6) is 11.5 Å². The molecule has 0 spiro atoms. The summed E-state index contributed by atoms with van der Waals surface area (Å²) in [4.78, 5) is 29.4. The quantitative estimate of drug-likeness (QED) is 0.247. The molecule has 1 aromatic heterocycles. The molecule has 1 unspecified atom stereocenters. The second-order valence-corrected chi connectivity index (χ2v) is 9.98. The molecule has 3 rings (SSSR count). The molecule has 0 aliphatic heterocycles. The van der Waals surface area contributed by atoms with E-state index in [4.69, 9.17) is 15.2 Å². The number of nitrogens with two attached hydrogens (primary N) is 1. The van der Waals surface area contributed by atoms with Crippen molar-refractivity contribution >= 4 is 17.7 Å². The summed E-state index contributed by atoms with van der Waals surface area (Å²) in [6.45, 7) is 2.03. The van der Waals surface area contributed by atoms with Crippen LogP contribution in [0.15, 0.2) is 69.6 Å². The number of rotatable bonds is 10. The maximum Gasteiger partial charge on any atom is 0.428 e. The third kappa shape index (κ3) is 8.16. The number of halogens is 6. The number of carbonyl (C=O) groups excluding carboxylic acids is 1. The van der Waals surface area contributed by atoms with Crippen LogP contribution in [0, 0.1) is 5.92 Å². The van der Waals surface area contributed by atoms with Crippen LogP contribution in [0.3, 0.4) is 0 Å². The first-order valence-electron chi connectivity index (χ1n) is 11.9. The number of methoxy groups -OCH3 is 1. The van der Waals surface area contributed by atoms with Gasteiger partial charge in [0, 0.05) is 23.4 Å². The topological polar surface area (TPSA) is 106 Å². The Kier molecular flexibility index (Phi) is 9.97. The molecule has 2 N–H and O–H groups in total. The van der Waals surface area contributed by atoms with Crippen LogP contribution in [0.4, 0.5) is 26.3 Å². The van der Waals surface area contributed by atoms with Crippen molar-refractivity contribution in [2.75, 3.05) is 13.7 Å². The lowest BCUT2D eigenvalue weighted by Crippen LogP contribution is -2.45. The number of alkyl halides is 6. The molecular weight excluding hydrogens is 580 g/mol. The first-order chi connectivity index (χ1) is 19.1. The fourth-order valence-corrected chi connectivity index (χ4v) is 4.06. The van der Waals surface area contributed by atoms with E-state index in [9.17, 15) is 35.9 Å². The molecule has 0 saturated carbocycles. The highest BCUT2D eigenvalue weighted by Crippen LogP contribution is 2.33. The van der Waals surface area contributed by atoms with Crippen molar-refractivity contribution in [1.29, 1.82) is 0 Å². The first kappa shape index (κ1) is 31.8. The number of nitrogens with zero attached hydrogens (tertiary/aromatic N) is 2. The largest absolute Gasteiger partial charge is 0.493 e. The molecule has 2 atom stereocenters. The highest BCUT2D eigenvalue weighted by atomic mass is 32.2. The Labute approximate surface area is 234 Å². The summed E-state index contributed by atoms with van der Waals surface area (Å²) in [5, 5.41) is -0.0407. The minimum atomic E-state index is -4.94. The Morgan fingerprint density at radius 1 is 1.05 bits per heavy atom. The molecule has 2 aromatic carbocycles. The zero-order valence-corrected chi connectivity index (χ0v) is 22.6. The molecule has 3 aromatic rings. The number of hydrogen-bond acceptors (Lipinski definition) is 8. The lowest BCUT2D eigenvalue weighted by atomic mass is 10.1. The molecule has 1 heterocycles. The van der Waals surface area contributed by atoms with E-state index in [1.165, 1.54) is 54.4 Å². The van der Waals surface area contributed by atoms with E-state index in [1.54, 1.807) is 13.8 Å². The maximum absolute atomic E-state index is 13.5. The molecule has 8 nitrogen and oxygen atoms in total. The van der Waals surface area contributed by atoms with Crippen molar-refractivity contribution in [3.8, 4) is 17.2 Å². The average molecular weight is 606 g/mol. The molecular formula is C26H25F6N3O5S. The van der Waals surface area contributed by atoms with Gasteiger partial charge in [-0.05, 0) is 42.3 Å². The normalized spacial score (nSPS) is 13.5. The van der Waals surface area contributed by atoms with Crippen LogP contribution in [0.25, 0.3) is 5.69 Å². The smallest absolute Gasteiger partial charge is 0.428 e. The van der Waals surface area contributed by atoms with Crippen LogP contribution < -0.4 is 20.8 Å². The predicted octanol–water partition coefficient (Wildman–Crippen LogP) is 5.25. The number of hydrogen-bond donors (Lipinski definition) is 1. The van der Waals surface area contributed by atoms with Gasteiger partial charge in [-0.25, -0.2) is 4.98 Å². The minimum Gasteiger partial charge on any atom is -0.493 e. The molecule has 0 amide bonds. The maximum atomic E-state index is 13.5. The highest BCUT2D eigenvalue weighted by molar-refractivity contribution is 7.99. The Hall–Kier alpha value is -3.72. The van der Waals surface area contributed by atoms with Crippen molar-refractivity contribution in [2.45, 2.75) is 48.3 Å². The SMILES string of the molecule is COc1cc(-n2ccnc(Sc3ccc(C(F)(F)F)cc3)c2=O)ccc1OCC(OC(=O)[C@@H](N)C(C)C)C(F)(F)F. The minimum absolute atomic E-state index is 0.0331. The van der Waals surface area contributed by atoms with Gasteiger partial charge in [-0.15, -0.1) is 0 Å². The van der Waals surface area contributed by atoms with E-state index in [0.29, 0.717) is 4.90 Å². The van der Waals surface area contributed by atoms with Gasteiger partial charge in [-0.2, -0.15) is 26.3 Å². The number of benzene rings is 2. The molecule has 222 valence electrons. The first-order valence-corrected chi connectivity index (χ1v) is 12.7. The van der Waals surface area contributed by atoms with Gasteiger partial charge in [-0.1, -0.05) is 25.6 Å². The van der Waals surface area contributed by atoms with Crippen LogP contribution in [0.2, 0.25) is 0 Å². The summed E-state index contributed by atoms with van der Waals surface area (Å²) >= 11 is 0.853. The van der Waals surface area contributed by atoms with Crippen LogP contribution in [-0.4, -0.2) is 47.6 Å². The van der Waals surface area contributed by atoms with Gasteiger partial charge in [0.05, 0.1) is 18.4 Å². The van der Waals surface area contributed by atoms with Gasteiger partial charge in [0.2, 0.25) is 6.10 Å². The number of esters is 1. The second-order valence-electron chi connectivity index (χ2n) is 8.91. The van der Waals surface area contributed by atoms with E-state index in [1.807, 2.05) is 0 Å². The summed E-state index contributed by atoms with van der Waals surface area (Å²) < 4.78 is 95.2. The van der Waals surface area contributed by atoms with Gasteiger partial charge in [0.25, 0.3) is 5.56 Å². The summed E-state index contributed by atoms with van der Waals surface area (Å²) in [5.41, 5.74) is 4.37. The van der Waals surface area contributed by atoms with Crippen LogP contribution >= 0.6 is 11.8 Å². The van der Waals surface area contributed by atoms with E-state index < -0.39 is 54.1 Å². The third-order valence-electron chi connectivity index (χ3n) is 5.63. The van der Waals surface area contributed by atoms with Crippen molar-refractivity contribution in [1.82, 2.24) is 9.55 Å². The van der Waals surface area contributed by atoms with Gasteiger partial charge < -0.3 is 19.9 Å². The molecule has 41 heavy (non-hydrogen) atoms. The molecule has 0 aliphatic rings. The van der Waals surface area contributed by atoms with Gasteiger partial charge in [-0.3, -0.25) is 14.2 Å². The third-order valence-corrected chi connectivity index (χ3v) is 6.62. The average Bonchev–Trinajstić information content (AvgIpc) is 2.90. The lowest BCUT2D eigenvalue weighted by Gasteiger charge is -2.24. The Balaban J connectivity index is 1.81. The fourth-order valence-electron chi connectivity index (χ4n) is 3.27. The summed E-state index contributed by atoms with van der Waals surface area (Å²) in [6.07, 6.45) is -9.42. The van der Waals surface area contributed by atoms with Gasteiger partial charge >= 0.3 is 18.3 Å². The second kappa shape index (κ2) is 12.9. The Bertz CT molecular complexity index is 1410. The number of aromatic nitrogens is 2. The molecule has 0 fully saturated rings. The summed E-state index contributed by atoms with van der Waals surface area (Å²) in [6, 6.07) is 6.90. The van der Waals surface area contributed by atoms with Crippen molar-refractivity contribution in [2.24, 2.45) is 11.7 Å². The van der Waals surface area contributed by atoms with Crippen molar-refractivity contribution < 1.29 is 45.3 Å². The van der Waals surface area contributed by atoms with E-state index >= 15 is 0 Å². The van der Waals surface area contributed by atoms with Gasteiger partial charge in [0.15, 0.2) is 16.5 Å². The standard InChI is InChI=1S/C26H25F6N3O5S/c1-14(2)21(33)24(37)40-20(26(30,31)32)13-39-18-9-6-16(12-19(18)38-3)35-11-10-34-22(23(35)36)41-17-7-4-15(5-8-17)25(27,28)29/h4-12,14,20-21H,13,33H2,1-3H3/t20?,21-/m0/s1. The van der Waals surface area contributed by atoms with Crippen LogP contribution in [0.1, 0.15) is 19.4 Å². The van der Waals surface area contributed by atoms with Crippen LogP contribution in [-0.2, 0) is 15.7 Å². The monoisotopic (exact) mass is 605 g/mol. The Morgan fingerprint density at radius 3 is 2.27 bits per heavy atom. The van der Waals surface area contributed by atoms with E-state index in [0.717, 1.165) is 23.9 Å². The summed E-state index contributed by atoms with van der Waals surface area (Å²) in [5.74, 6) is -1.84. The molecule has 15 heteroatoms. The number of ether oxygens (including phenoxy) is 3. The molecule has 0 saturated heterocycles. The van der Waals surface area contributed by atoms with Crippen molar-refractivity contribution in [3.63, 3.8) is 0 Å². The molecule has 0 aliphatic carbocycles. The predicted molar refractivity (Wildman–Crippen MR) is 136 cm³/mol. The van der Waals surface area contributed by atoms with Crippen molar-refractivity contribution in [3.05, 3.63) is 70.8 Å².